The quantitative estimate of drug-likeness (QED) is 0.720. The molecule has 124 valence electrons. The zero-order valence-corrected chi connectivity index (χ0v) is 14.1. The summed E-state index contributed by atoms with van der Waals surface area (Å²) in [5.74, 6) is 0.348. The number of rotatable bonds is 6. The van der Waals surface area contributed by atoms with Crippen molar-refractivity contribution in [2.75, 3.05) is 0 Å². The van der Waals surface area contributed by atoms with Gasteiger partial charge < -0.3 is 10.4 Å². The minimum absolute atomic E-state index is 0.133. The minimum atomic E-state index is 0.133. The molecule has 4 nitrogen and oxygen atoms in total. The normalized spacial score (nSPS) is 12.2. The third kappa shape index (κ3) is 3.66. The Morgan fingerprint density at radius 3 is 2.67 bits per heavy atom. The molecule has 2 N–H and O–H groups in total. The van der Waals surface area contributed by atoms with Crippen LogP contribution >= 0.6 is 0 Å². The molecule has 1 heterocycles. The minimum Gasteiger partial charge on any atom is -0.508 e. The van der Waals surface area contributed by atoms with E-state index < -0.39 is 0 Å². The summed E-state index contributed by atoms with van der Waals surface area (Å²) >= 11 is 0. The molecule has 24 heavy (non-hydrogen) atoms. The molecule has 0 aliphatic carbocycles. The van der Waals surface area contributed by atoms with Gasteiger partial charge in [-0.15, -0.1) is 0 Å². The predicted molar refractivity (Wildman–Crippen MR) is 96.6 cm³/mol. The number of nitrogens with one attached hydrogen (secondary N) is 1. The fourth-order valence-electron chi connectivity index (χ4n) is 2.93. The zero-order valence-electron chi connectivity index (χ0n) is 14.1. The van der Waals surface area contributed by atoms with Crippen LogP contribution in [-0.2, 0) is 13.6 Å². The van der Waals surface area contributed by atoms with Crippen molar-refractivity contribution in [2.24, 2.45) is 7.05 Å². The van der Waals surface area contributed by atoms with Crippen LogP contribution in [0, 0.1) is 0 Å². The van der Waals surface area contributed by atoms with Gasteiger partial charge in [0, 0.05) is 37.0 Å². The lowest BCUT2D eigenvalue weighted by molar-refractivity contribution is 0.441. The van der Waals surface area contributed by atoms with E-state index in [1.54, 1.807) is 6.07 Å². The lowest BCUT2D eigenvalue weighted by Gasteiger charge is -2.19. The van der Waals surface area contributed by atoms with E-state index in [2.05, 4.69) is 41.6 Å². The molecule has 0 unspecified atom stereocenters. The number of aryl methyl sites for hydroxylation is 1. The number of phenols is 1. The van der Waals surface area contributed by atoms with E-state index in [-0.39, 0.29) is 6.04 Å². The predicted octanol–water partition coefficient (Wildman–Crippen LogP) is 4.03. The van der Waals surface area contributed by atoms with Gasteiger partial charge in [0.25, 0.3) is 0 Å². The van der Waals surface area contributed by atoms with Gasteiger partial charge >= 0.3 is 0 Å². The first-order chi connectivity index (χ1) is 11.7. The maximum Gasteiger partial charge on any atom is 0.120 e. The molecular formula is C20H23N3O. The topological polar surface area (TPSA) is 50.1 Å². The van der Waals surface area contributed by atoms with Gasteiger partial charge in [-0.2, -0.15) is 5.10 Å². The van der Waals surface area contributed by atoms with Crippen LogP contribution in [0.3, 0.4) is 0 Å². The number of aromatic nitrogens is 2. The molecular weight excluding hydrogens is 298 g/mol. The second kappa shape index (κ2) is 7.32. The SMILES string of the molecule is CC[C@@H](NCc1cccc(-c2cnn(C)c2)c1)c1ccccc1O. The fraction of sp³-hybridized carbons (Fsp3) is 0.250. The second-order valence-corrected chi connectivity index (χ2v) is 6.00. The number of phenolic OH excluding ortho intramolecular Hbond substituents is 1. The van der Waals surface area contributed by atoms with Gasteiger partial charge in [0.2, 0.25) is 0 Å². The van der Waals surface area contributed by atoms with Crippen LogP contribution in [0.2, 0.25) is 0 Å². The second-order valence-electron chi connectivity index (χ2n) is 6.00. The summed E-state index contributed by atoms with van der Waals surface area (Å²) in [7, 11) is 1.92. The molecule has 0 saturated heterocycles. The van der Waals surface area contributed by atoms with E-state index in [9.17, 15) is 5.11 Å². The zero-order chi connectivity index (χ0) is 16.9. The van der Waals surface area contributed by atoms with Gasteiger partial charge in [-0.1, -0.05) is 43.3 Å². The van der Waals surface area contributed by atoms with Crippen molar-refractivity contribution in [3.05, 3.63) is 72.1 Å². The van der Waals surface area contributed by atoms with Crippen molar-refractivity contribution in [2.45, 2.75) is 25.9 Å². The highest BCUT2D eigenvalue weighted by molar-refractivity contribution is 5.62. The Kier molecular flexibility index (Phi) is 4.96. The molecule has 0 bridgehead atoms. The molecule has 4 heteroatoms. The molecule has 3 aromatic rings. The summed E-state index contributed by atoms with van der Waals surface area (Å²) < 4.78 is 1.81. The van der Waals surface area contributed by atoms with E-state index in [1.807, 2.05) is 42.3 Å². The van der Waals surface area contributed by atoms with Crippen molar-refractivity contribution in [3.63, 3.8) is 0 Å². The molecule has 0 saturated carbocycles. The van der Waals surface area contributed by atoms with Crippen LogP contribution in [0.15, 0.2) is 60.9 Å². The molecule has 0 amide bonds. The molecule has 0 spiro atoms. The Morgan fingerprint density at radius 1 is 1.12 bits per heavy atom. The first-order valence-corrected chi connectivity index (χ1v) is 8.26. The molecule has 1 atom stereocenters. The number of para-hydroxylation sites is 1. The summed E-state index contributed by atoms with van der Waals surface area (Å²) in [6.45, 7) is 2.87. The average Bonchev–Trinajstić information content (AvgIpc) is 3.04. The smallest absolute Gasteiger partial charge is 0.120 e. The molecule has 2 aromatic carbocycles. The Hall–Kier alpha value is -2.59. The van der Waals surface area contributed by atoms with E-state index in [1.165, 1.54) is 5.56 Å². The average molecular weight is 321 g/mol. The van der Waals surface area contributed by atoms with Gasteiger partial charge in [-0.3, -0.25) is 4.68 Å². The molecule has 1 aromatic heterocycles. The highest BCUT2D eigenvalue weighted by Crippen LogP contribution is 2.26. The van der Waals surface area contributed by atoms with Crippen LogP contribution in [-0.4, -0.2) is 14.9 Å². The third-order valence-corrected chi connectivity index (χ3v) is 4.24. The van der Waals surface area contributed by atoms with E-state index in [0.29, 0.717) is 5.75 Å². The highest BCUT2D eigenvalue weighted by atomic mass is 16.3. The fourth-order valence-corrected chi connectivity index (χ4v) is 2.93. The highest BCUT2D eigenvalue weighted by Gasteiger charge is 2.12. The number of aromatic hydroxyl groups is 1. The standard InChI is InChI=1S/C20H23N3O/c1-3-19(18-9-4-5-10-20(18)24)21-12-15-7-6-8-16(11-15)17-13-22-23(2)14-17/h4-11,13-14,19,21,24H,3,12H2,1-2H3/t19-/m1/s1. The monoisotopic (exact) mass is 321 g/mol. The van der Waals surface area contributed by atoms with E-state index in [4.69, 9.17) is 0 Å². The first kappa shape index (κ1) is 16.3. The van der Waals surface area contributed by atoms with Crippen LogP contribution in [0.4, 0.5) is 0 Å². The maximum absolute atomic E-state index is 10.1. The van der Waals surface area contributed by atoms with Gasteiger partial charge in [-0.05, 0) is 29.7 Å². The van der Waals surface area contributed by atoms with Crippen LogP contribution in [0.1, 0.15) is 30.5 Å². The van der Waals surface area contributed by atoms with Crippen LogP contribution < -0.4 is 5.32 Å². The summed E-state index contributed by atoms with van der Waals surface area (Å²) in [5, 5.41) is 17.8. The number of nitrogens with zero attached hydrogens (tertiary/aromatic N) is 2. The molecule has 0 aliphatic rings. The van der Waals surface area contributed by atoms with Crippen LogP contribution in [0.5, 0.6) is 5.75 Å². The Bertz CT molecular complexity index is 810. The Balaban J connectivity index is 1.73. The third-order valence-electron chi connectivity index (χ3n) is 4.24. The Morgan fingerprint density at radius 2 is 1.96 bits per heavy atom. The summed E-state index contributed by atoms with van der Waals surface area (Å²) in [4.78, 5) is 0. The van der Waals surface area contributed by atoms with Gasteiger partial charge in [0.05, 0.1) is 6.20 Å². The van der Waals surface area contributed by atoms with Gasteiger partial charge in [0.1, 0.15) is 5.75 Å². The summed E-state index contributed by atoms with van der Waals surface area (Å²) in [6.07, 6.45) is 4.81. The van der Waals surface area contributed by atoms with E-state index >= 15 is 0 Å². The van der Waals surface area contributed by atoms with Crippen molar-refractivity contribution < 1.29 is 5.11 Å². The maximum atomic E-state index is 10.1. The first-order valence-electron chi connectivity index (χ1n) is 8.26. The van der Waals surface area contributed by atoms with Crippen molar-refractivity contribution in [1.82, 2.24) is 15.1 Å². The number of hydrogen-bond donors (Lipinski definition) is 2. The summed E-state index contributed by atoms with van der Waals surface area (Å²) in [6, 6.07) is 16.1. The Labute approximate surface area is 142 Å². The van der Waals surface area contributed by atoms with Crippen molar-refractivity contribution >= 4 is 0 Å². The van der Waals surface area contributed by atoms with Crippen LogP contribution in [0.25, 0.3) is 11.1 Å². The molecule has 0 aliphatic heterocycles. The summed E-state index contributed by atoms with van der Waals surface area (Å²) in [5.41, 5.74) is 4.44. The molecule has 3 rings (SSSR count). The number of hydrogen-bond acceptors (Lipinski definition) is 3. The van der Waals surface area contributed by atoms with E-state index in [0.717, 1.165) is 29.7 Å². The van der Waals surface area contributed by atoms with Crippen molar-refractivity contribution in [1.29, 1.82) is 0 Å². The largest absolute Gasteiger partial charge is 0.508 e. The lowest BCUT2D eigenvalue weighted by atomic mass is 10.0. The molecule has 0 fully saturated rings. The van der Waals surface area contributed by atoms with Crippen molar-refractivity contribution in [3.8, 4) is 16.9 Å². The number of benzene rings is 2. The lowest BCUT2D eigenvalue weighted by Crippen LogP contribution is -2.20. The van der Waals surface area contributed by atoms with Gasteiger partial charge in [-0.25, -0.2) is 0 Å². The van der Waals surface area contributed by atoms with Gasteiger partial charge in [0.15, 0.2) is 0 Å². The molecule has 0 radical (unpaired) electrons.